The molecule has 3 atom stereocenters. The molecule has 90 valence electrons. The van der Waals surface area contributed by atoms with Crippen LogP contribution in [0.15, 0.2) is 18.2 Å². The first-order valence-corrected chi connectivity index (χ1v) is 6.91. The third-order valence-corrected chi connectivity index (χ3v) is 4.78. The van der Waals surface area contributed by atoms with Gasteiger partial charge in [-0.3, -0.25) is 0 Å². The van der Waals surface area contributed by atoms with Gasteiger partial charge in [-0.15, -0.1) is 0 Å². The van der Waals surface area contributed by atoms with E-state index in [0.29, 0.717) is 0 Å². The van der Waals surface area contributed by atoms with Crippen LogP contribution in [0.1, 0.15) is 31.2 Å². The molecule has 3 unspecified atom stereocenters. The molecule has 3 aliphatic rings. The van der Waals surface area contributed by atoms with Gasteiger partial charge in [0.15, 0.2) is 0 Å². The zero-order valence-electron chi connectivity index (χ0n) is 10.1. The monoisotopic (exact) mass is 229 g/mol. The summed E-state index contributed by atoms with van der Waals surface area (Å²) < 4.78 is 5.54. The van der Waals surface area contributed by atoms with Gasteiger partial charge in [0.05, 0.1) is 6.61 Å². The quantitative estimate of drug-likeness (QED) is 0.840. The highest BCUT2D eigenvalue weighted by molar-refractivity contribution is 5.53. The minimum atomic E-state index is 0.731. The van der Waals surface area contributed by atoms with Gasteiger partial charge in [0.2, 0.25) is 0 Å². The topological polar surface area (TPSA) is 21.3 Å². The molecular weight excluding hydrogens is 210 g/mol. The molecule has 1 N–H and O–H groups in total. The third kappa shape index (κ3) is 1.62. The largest absolute Gasteiger partial charge is 0.493 e. The molecule has 2 bridgehead atoms. The minimum Gasteiger partial charge on any atom is -0.493 e. The van der Waals surface area contributed by atoms with Crippen molar-refractivity contribution >= 4 is 5.69 Å². The fourth-order valence-corrected chi connectivity index (χ4v) is 3.91. The summed E-state index contributed by atoms with van der Waals surface area (Å²) in [5, 5.41) is 3.75. The maximum Gasteiger partial charge on any atom is 0.122 e. The lowest BCUT2D eigenvalue weighted by Gasteiger charge is -2.24. The highest BCUT2D eigenvalue weighted by atomic mass is 16.5. The van der Waals surface area contributed by atoms with E-state index in [1.807, 2.05) is 0 Å². The molecule has 1 aliphatic heterocycles. The summed E-state index contributed by atoms with van der Waals surface area (Å²) in [6.07, 6.45) is 6.84. The van der Waals surface area contributed by atoms with Crippen LogP contribution in [0, 0.1) is 11.8 Å². The smallest absolute Gasteiger partial charge is 0.122 e. The Kier molecular flexibility index (Phi) is 2.11. The van der Waals surface area contributed by atoms with Crippen molar-refractivity contribution in [1.82, 2.24) is 0 Å². The van der Waals surface area contributed by atoms with Crippen molar-refractivity contribution in [3.8, 4) is 5.75 Å². The molecule has 0 radical (unpaired) electrons. The van der Waals surface area contributed by atoms with E-state index in [2.05, 4.69) is 23.5 Å². The lowest BCUT2D eigenvalue weighted by molar-refractivity contribution is 0.357. The molecule has 2 saturated carbocycles. The summed E-state index contributed by atoms with van der Waals surface area (Å²) in [7, 11) is 0. The van der Waals surface area contributed by atoms with E-state index < -0.39 is 0 Å². The van der Waals surface area contributed by atoms with Gasteiger partial charge in [0, 0.05) is 18.2 Å². The lowest BCUT2D eigenvalue weighted by atomic mass is 9.95. The second-order valence-corrected chi connectivity index (χ2v) is 5.85. The Morgan fingerprint density at radius 2 is 2.18 bits per heavy atom. The van der Waals surface area contributed by atoms with Crippen LogP contribution in [0.3, 0.4) is 0 Å². The normalized spacial score (nSPS) is 33.5. The molecule has 2 aliphatic carbocycles. The Morgan fingerprint density at radius 1 is 1.18 bits per heavy atom. The van der Waals surface area contributed by atoms with Gasteiger partial charge < -0.3 is 10.1 Å². The van der Waals surface area contributed by atoms with E-state index in [0.717, 1.165) is 36.7 Å². The Bertz CT molecular complexity index is 443. The maximum atomic E-state index is 5.54. The first-order valence-electron chi connectivity index (χ1n) is 6.91. The molecule has 1 heterocycles. The number of hydrogen-bond acceptors (Lipinski definition) is 2. The minimum absolute atomic E-state index is 0.731. The van der Waals surface area contributed by atoms with Crippen molar-refractivity contribution in [2.75, 3.05) is 11.9 Å². The second kappa shape index (κ2) is 3.66. The predicted molar refractivity (Wildman–Crippen MR) is 68.5 cm³/mol. The summed E-state index contributed by atoms with van der Waals surface area (Å²) >= 11 is 0. The third-order valence-electron chi connectivity index (χ3n) is 4.78. The molecule has 0 saturated heterocycles. The van der Waals surface area contributed by atoms with Crippen molar-refractivity contribution in [3.05, 3.63) is 23.8 Å². The van der Waals surface area contributed by atoms with Gasteiger partial charge in [-0.1, -0.05) is 6.42 Å². The first-order chi connectivity index (χ1) is 8.38. The average molecular weight is 229 g/mol. The van der Waals surface area contributed by atoms with Crippen LogP contribution in [-0.4, -0.2) is 12.6 Å². The van der Waals surface area contributed by atoms with E-state index in [4.69, 9.17) is 4.74 Å². The molecule has 0 aromatic heterocycles. The van der Waals surface area contributed by atoms with E-state index in [-0.39, 0.29) is 0 Å². The van der Waals surface area contributed by atoms with Gasteiger partial charge in [-0.25, -0.2) is 0 Å². The summed E-state index contributed by atoms with van der Waals surface area (Å²) in [4.78, 5) is 0. The zero-order chi connectivity index (χ0) is 11.2. The van der Waals surface area contributed by atoms with Crippen molar-refractivity contribution in [2.45, 2.75) is 38.1 Å². The van der Waals surface area contributed by atoms with E-state index in [1.165, 1.54) is 36.9 Å². The van der Waals surface area contributed by atoms with Crippen LogP contribution in [0.4, 0.5) is 5.69 Å². The molecular formula is C15H19NO. The maximum absolute atomic E-state index is 5.54. The van der Waals surface area contributed by atoms with Crippen LogP contribution in [0.2, 0.25) is 0 Å². The van der Waals surface area contributed by atoms with E-state index >= 15 is 0 Å². The standard InChI is InChI=1S/C15H19NO/c1-2-11-7-10(1)8-14(11)16-13-3-4-15-12(9-13)5-6-17-15/h3-4,9-11,14,16H,1-2,5-8H2. The zero-order valence-corrected chi connectivity index (χ0v) is 10.1. The summed E-state index contributed by atoms with van der Waals surface area (Å²) in [5.74, 6) is 3.03. The molecule has 4 rings (SSSR count). The van der Waals surface area contributed by atoms with Gasteiger partial charge in [-0.05, 0) is 54.9 Å². The summed E-state index contributed by atoms with van der Waals surface area (Å²) in [5.41, 5.74) is 2.67. The van der Waals surface area contributed by atoms with Gasteiger partial charge in [0.1, 0.15) is 5.75 Å². The van der Waals surface area contributed by atoms with Crippen molar-refractivity contribution in [3.63, 3.8) is 0 Å². The van der Waals surface area contributed by atoms with Gasteiger partial charge in [0.25, 0.3) is 0 Å². The van der Waals surface area contributed by atoms with Gasteiger partial charge in [-0.2, -0.15) is 0 Å². The SMILES string of the molecule is c1cc2c(cc1NC1CC3CCC1C3)CCO2. The number of fused-ring (bicyclic) bond motifs is 3. The molecule has 1 aromatic carbocycles. The molecule has 2 nitrogen and oxygen atoms in total. The lowest BCUT2D eigenvalue weighted by Crippen LogP contribution is -2.25. The van der Waals surface area contributed by atoms with Crippen LogP contribution >= 0.6 is 0 Å². The number of benzene rings is 1. The summed E-state index contributed by atoms with van der Waals surface area (Å²) in [6, 6.07) is 7.32. The highest BCUT2D eigenvalue weighted by Crippen LogP contribution is 2.45. The molecule has 0 spiro atoms. The van der Waals surface area contributed by atoms with Gasteiger partial charge >= 0.3 is 0 Å². The Morgan fingerprint density at radius 3 is 3.00 bits per heavy atom. The van der Waals surface area contributed by atoms with Crippen LogP contribution in [0.25, 0.3) is 0 Å². The van der Waals surface area contributed by atoms with Crippen LogP contribution < -0.4 is 10.1 Å². The number of rotatable bonds is 2. The predicted octanol–water partition coefficient (Wildman–Crippen LogP) is 3.22. The summed E-state index contributed by atoms with van der Waals surface area (Å²) in [6.45, 7) is 0.854. The molecule has 1 aromatic rings. The molecule has 2 fully saturated rings. The van der Waals surface area contributed by atoms with Crippen LogP contribution in [-0.2, 0) is 6.42 Å². The molecule has 17 heavy (non-hydrogen) atoms. The Hall–Kier alpha value is -1.18. The number of nitrogens with one attached hydrogen (secondary N) is 1. The number of anilines is 1. The van der Waals surface area contributed by atoms with Crippen molar-refractivity contribution in [2.24, 2.45) is 11.8 Å². The average Bonchev–Trinajstić information content (AvgIpc) is 3.03. The van der Waals surface area contributed by atoms with E-state index in [9.17, 15) is 0 Å². The van der Waals surface area contributed by atoms with Crippen molar-refractivity contribution in [1.29, 1.82) is 0 Å². The number of ether oxygens (including phenoxy) is 1. The van der Waals surface area contributed by atoms with E-state index in [1.54, 1.807) is 0 Å². The Balaban J connectivity index is 1.52. The Labute approximate surface area is 102 Å². The molecule has 0 amide bonds. The highest BCUT2D eigenvalue weighted by Gasteiger charge is 2.39. The second-order valence-electron chi connectivity index (χ2n) is 5.85. The fourth-order valence-electron chi connectivity index (χ4n) is 3.91. The first kappa shape index (κ1) is 9.81. The fraction of sp³-hybridized carbons (Fsp3) is 0.600. The molecule has 2 heteroatoms. The number of hydrogen-bond donors (Lipinski definition) is 1. The van der Waals surface area contributed by atoms with Crippen molar-refractivity contribution < 1.29 is 4.74 Å². The van der Waals surface area contributed by atoms with Crippen LogP contribution in [0.5, 0.6) is 5.75 Å².